The molecular weight excluding hydrogens is 436 g/mol. The van der Waals surface area contributed by atoms with Gasteiger partial charge in [0.15, 0.2) is 5.78 Å². The lowest BCUT2D eigenvalue weighted by Crippen LogP contribution is -2.03. The van der Waals surface area contributed by atoms with E-state index in [2.05, 4.69) is 0 Å². The van der Waals surface area contributed by atoms with Crippen molar-refractivity contribution in [3.8, 4) is 23.0 Å². The molecular formula is C27H36O7. The number of carboxylic acid groups (broad SMARTS) is 1. The van der Waals surface area contributed by atoms with E-state index in [1.165, 1.54) is 19.1 Å². The van der Waals surface area contributed by atoms with E-state index < -0.39 is 5.97 Å². The molecule has 0 heterocycles. The van der Waals surface area contributed by atoms with Gasteiger partial charge in [0.1, 0.15) is 28.6 Å². The van der Waals surface area contributed by atoms with E-state index >= 15 is 0 Å². The Bertz CT molecular complexity index is 952. The van der Waals surface area contributed by atoms with Crippen LogP contribution in [0.1, 0.15) is 91.5 Å². The first-order valence-electron chi connectivity index (χ1n) is 12.0. The molecule has 0 spiro atoms. The van der Waals surface area contributed by atoms with Crippen molar-refractivity contribution in [3.05, 3.63) is 47.0 Å². The summed E-state index contributed by atoms with van der Waals surface area (Å²) in [7, 11) is 0. The first-order chi connectivity index (χ1) is 16.3. The van der Waals surface area contributed by atoms with Crippen LogP contribution in [0, 0.1) is 0 Å². The van der Waals surface area contributed by atoms with E-state index in [1.54, 1.807) is 18.2 Å². The molecule has 0 amide bonds. The van der Waals surface area contributed by atoms with E-state index in [0.717, 1.165) is 51.4 Å². The molecule has 34 heavy (non-hydrogen) atoms. The van der Waals surface area contributed by atoms with Gasteiger partial charge in [0.2, 0.25) is 0 Å². The van der Waals surface area contributed by atoms with Gasteiger partial charge in [0, 0.05) is 11.6 Å². The number of Topliss-reactive ketones (excluding diaryl/α,β-unsaturated/α-hetero) is 1. The predicted molar refractivity (Wildman–Crippen MR) is 130 cm³/mol. The molecule has 3 N–H and O–H groups in total. The van der Waals surface area contributed by atoms with Gasteiger partial charge in [-0.1, -0.05) is 45.4 Å². The van der Waals surface area contributed by atoms with Crippen LogP contribution < -0.4 is 9.47 Å². The lowest BCUT2D eigenvalue weighted by molar-refractivity contribution is 0.0693. The minimum Gasteiger partial charge on any atom is -0.507 e. The first-order valence-corrected chi connectivity index (χ1v) is 12.0. The van der Waals surface area contributed by atoms with Gasteiger partial charge in [0.05, 0.1) is 18.8 Å². The molecule has 0 aliphatic heterocycles. The van der Waals surface area contributed by atoms with Gasteiger partial charge in [0.25, 0.3) is 0 Å². The molecule has 0 unspecified atom stereocenters. The van der Waals surface area contributed by atoms with Crippen molar-refractivity contribution in [2.75, 3.05) is 13.2 Å². The maximum Gasteiger partial charge on any atom is 0.339 e. The maximum atomic E-state index is 11.7. The van der Waals surface area contributed by atoms with Crippen molar-refractivity contribution in [1.29, 1.82) is 0 Å². The first kappa shape index (κ1) is 27.0. The zero-order valence-electron chi connectivity index (χ0n) is 20.1. The van der Waals surface area contributed by atoms with Crippen LogP contribution in [0.15, 0.2) is 30.3 Å². The van der Waals surface area contributed by atoms with Crippen molar-refractivity contribution in [2.24, 2.45) is 0 Å². The fourth-order valence-electron chi connectivity index (χ4n) is 3.77. The average Bonchev–Trinajstić information content (AvgIpc) is 2.79. The SMILES string of the molecule is CCCc1c(OCCCCCCCCCOc2ccc(C(=O)O)c(O)c2)ccc(C(C)=O)c1O. The quantitative estimate of drug-likeness (QED) is 0.199. The van der Waals surface area contributed by atoms with E-state index in [1.807, 2.05) is 6.92 Å². The van der Waals surface area contributed by atoms with Gasteiger partial charge < -0.3 is 24.8 Å². The van der Waals surface area contributed by atoms with Gasteiger partial charge >= 0.3 is 5.97 Å². The molecule has 0 fully saturated rings. The molecule has 0 aliphatic rings. The summed E-state index contributed by atoms with van der Waals surface area (Å²) in [6.07, 6.45) is 8.80. The summed E-state index contributed by atoms with van der Waals surface area (Å²) in [6.45, 7) is 4.58. The Morgan fingerprint density at radius 2 is 1.41 bits per heavy atom. The molecule has 186 valence electrons. The number of ether oxygens (including phenoxy) is 2. The van der Waals surface area contributed by atoms with E-state index in [9.17, 15) is 19.8 Å². The number of aromatic carboxylic acids is 1. The average molecular weight is 473 g/mol. The number of carbonyl (C=O) groups excluding carboxylic acids is 1. The van der Waals surface area contributed by atoms with Crippen LogP contribution in [-0.4, -0.2) is 40.3 Å². The second-order valence-electron chi connectivity index (χ2n) is 8.40. The van der Waals surface area contributed by atoms with Gasteiger partial charge in [-0.3, -0.25) is 4.79 Å². The Balaban J connectivity index is 1.57. The molecule has 0 atom stereocenters. The largest absolute Gasteiger partial charge is 0.507 e. The lowest BCUT2D eigenvalue weighted by atomic mass is 10.0. The monoisotopic (exact) mass is 472 g/mol. The van der Waals surface area contributed by atoms with Crippen molar-refractivity contribution in [3.63, 3.8) is 0 Å². The molecule has 7 heteroatoms. The number of hydrogen-bond donors (Lipinski definition) is 3. The third kappa shape index (κ3) is 8.28. The Kier molecular flexibility index (Phi) is 11.2. The number of carboxylic acids is 1. The molecule has 2 rings (SSSR count). The highest BCUT2D eigenvalue weighted by molar-refractivity contribution is 5.97. The van der Waals surface area contributed by atoms with E-state index in [-0.39, 0.29) is 22.8 Å². The topological polar surface area (TPSA) is 113 Å². The summed E-state index contributed by atoms with van der Waals surface area (Å²) in [5.74, 6) is -0.435. The number of carbonyl (C=O) groups is 2. The van der Waals surface area contributed by atoms with E-state index in [4.69, 9.17) is 14.6 Å². The maximum absolute atomic E-state index is 11.7. The molecule has 0 bridgehead atoms. The Morgan fingerprint density at radius 3 is 1.97 bits per heavy atom. The highest BCUT2D eigenvalue weighted by atomic mass is 16.5. The van der Waals surface area contributed by atoms with E-state index in [0.29, 0.717) is 42.3 Å². The standard InChI is InChI=1S/C27H36O7/c1-3-11-23-25(15-14-21(19(2)28)26(23)30)34-17-10-8-6-4-5-7-9-16-33-20-12-13-22(27(31)32)24(29)18-20/h12-15,18,29-30H,3-11,16-17H2,1-2H3,(H,31,32). The number of benzene rings is 2. The number of rotatable bonds is 16. The molecule has 2 aromatic carbocycles. The number of ketones is 1. The van der Waals surface area contributed by atoms with Crippen LogP contribution in [0.25, 0.3) is 0 Å². The van der Waals surface area contributed by atoms with Gasteiger partial charge in [-0.05, 0) is 50.5 Å². The number of phenols is 2. The molecule has 0 saturated heterocycles. The lowest BCUT2D eigenvalue weighted by Gasteiger charge is -2.14. The summed E-state index contributed by atoms with van der Waals surface area (Å²) >= 11 is 0. The predicted octanol–water partition coefficient (Wildman–Crippen LogP) is 6.14. The fourth-order valence-corrected chi connectivity index (χ4v) is 3.77. The number of unbranched alkanes of at least 4 members (excludes halogenated alkanes) is 6. The number of aromatic hydroxyl groups is 2. The Morgan fingerprint density at radius 1 is 0.824 bits per heavy atom. The van der Waals surface area contributed by atoms with Crippen LogP contribution >= 0.6 is 0 Å². The minimum atomic E-state index is -1.17. The summed E-state index contributed by atoms with van der Waals surface area (Å²) in [5, 5.41) is 29.0. The summed E-state index contributed by atoms with van der Waals surface area (Å²) < 4.78 is 11.5. The molecule has 7 nitrogen and oxygen atoms in total. The third-order valence-electron chi connectivity index (χ3n) is 5.63. The van der Waals surface area contributed by atoms with Crippen LogP contribution in [0.3, 0.4) is 0 Å². The highest BCUT2D eigenvalue weighted by Gasteiger charge is 2.15. The second-order valence-corrected chi connectivity index (χ2v) is 8.40. The molecule has 2 aromatic rings. The van der Waals surface area contributed by atoms with Crippen LogP contribution in [0.2, 0.25) is 0 Å². The molecule has 0 radical (unpaired) electrons. The summed E-state index contributed by atoms with van der Waals surface area (Å²) in [6, 6.07) is 7.63. The molecule has 0 aromatic heterocycles. The highest BCUT2D eigenvalue weighted by Crippen LogP contribution is 2.33. The fraction of sp³-hybridized carbons (Fsp3) is 0.481. The third-order valence-corrected chi connectivity index (χ3v) is 5.63. The van der Waals surface area contributed by atoms with Crippen molar-refractivity contribution >= 4 is 11.8 Å². The smallest absolute Gasteiger partial charge is 0.339 e. The van der Waals surface area contributed by atoms with Gasteiger partial charge in [-0.2, -0.15) is 0 Å². The van der Waals surface area contributed by atoms with Crippen molar-refractivity contribution in [2.45, 2.75) is 71.6 Å². The Hall–Kier alpha value is -3.22. The van der Waals surface area contributed by atoms with Crippen molar-refractivity contribution < 1.29 is 34.4 Å². The number of phenolic OH excluding ortho intramolecular Hbond substituents is 1. The Labute approximate surface area is 201 Å². The van der Waals surface area contributed by atoms with Crippen LogP contribution in [0.5, 0.6) is 23.0 Å². The van der Waals surface area contributed by atoms with Gasteiger partial charge in [-0.25, -0.2) is 4.79 Å². The van der Waals surface area contributed by atoms with Crippen molar-refractivity contribution in [1.82, 2.24) is 0 Å². The van der Waals surface area contributed by atoms with Crippen LogP contribution in [-0.2, 0) is 6.42 Å². The van der Waals surface area contributed by atoms with Gasteiger partial charge in [-0.15, -0.1) is 0 Å². The zero-order valence-corrected chi connectivity index (χ0v) is 20.1. The minimum absolute atomic E-state index is 0.0462. The summed E-state index contributed by atoms with van der Waals surface area (Å²) in [5.41, 5.74) is 0.920. The molecule has 0 saturated carbocycles. The normalized spacial score (nSPS) is 10.8. The summed E-state index contributed by atoms with van der Waals surface area (Å²) in [4.78, 5) is 22.5. The van der Waals surface area contributed by atoms with Crippen LogP contribution in [0.4, 0.5) is 0 Å². The number of hydrogen-bond acceptors (Lipinski definition) is 6. The second kappa shape index (κ2) is 14.1. The zero-order chi connectivity index (χ0) is 24.9. The molecule has 0 aliphatic carbocycles.